The van der Waals surface area contributed by atoms with Gasteiger partial charge in [0.25, 0.3) is 0 Å². The van der Waals surface area contributed by atoms with Crippen molar-refractivity contribution < 1.29 is 9.47 Å². The van der Waals surface area contributed by atoms with Crippen LogP contribution >= 0.6 is 11.3 Å². The van der Waals surface area contributed by atoms with Crippen LogP contribution < -0.4 is 15.2 Å². The van der Waals surface area contributed by atoms with Crippen molar-refractivity contribution in [1.29, 1.82) is 0 Å². The van der Waals surface area contributed by atoms with Crippen LogP contribution in [-0.2, 0) is 6.42 Å². The SMILES string of the molecule is COc1ccc(-c2nc(C)c(CCN)s2)cc1OC. The average Bonchev–Trinajstić information content (AvgIpc) is 2.80. The Morgan fingerprint density at radius 1 is 1.21 bits per heavy atom. The second-order valence-electron chi connectivity index (χ2n) is 4.14. The molecule has 0 bridgehead atoms. The van der Waals surface area contributed by atoms with E-state index in [1.807, 2.05) is 25.1 Å². The second-order valence-corrected chi connectivity index (χ2v) is 5.22. The average molecular weight is 278 g/mol. The van der Waals surface area contributed by atoms with E-state index < -0.39 is 0 Å². The van der Waals surface area contributed by atoms with Crippen LogP contribution in [-0.4, -0.2) is 25.7 Å². The number of nitrogens with two attached hydrogens (primary N) is 1. The van der Waals surface area contributed by atoms with E-state index in [0.717, 1.165) is 28.4 Å². The maximum absolute atomic E-state index is 5.60. The second kappa shape index (κ2) is 6.04. The quantitative estimate of drug-likeness (QED) is 0.913. The summed E-state index contributed by atoms with van der Waals surface area (Å²) in [6, 6.07) is 5.84. The Balaban J connectivity index is 2.38. The lowest BCUT2D eigenvalue weighted by Gasteiger charge is -2.08. The van der Waals surface area contributed by atoms with Gasteiger partial charge in [-0.05, 0) is 38.1 Å². The summed E-state index contributed by atoms with van der Waals surface area (Å²) in [5, 5.41) is 0.988. The molecule has 0 spiro atoms. The first-order valence-electron chi connectivity index (χ1n) is 6.08. The molecule has 1 heterocycles. The van der Waals surface area contributed by atoms with Crippen LogP contribution in [0.15, 0.2) is 18.2 Å². The molecule has 0 radical (unpaired) electrons. The zero-order chi connectivity index (χ0) is 13.8. The summed E-state index contributed by atoms with van der Waals surface area (Å²) in [5.74, 6) is 1.44. The number of aromatic nitrogens is 1. The molecule has 1 aromatic carbocycles. The van der Waals surface area contributed by atoms with Gasteiger partial charge in [-0.15, -0.1) is 11.3 Å². The van der Waals surface area contributed by atoms with Crippen LogP contribution in [0.25, 0.3) is 10.6 Å². The van der Waals surface area contributed by atoms with E-state index in [1.165, 1.54) is 4.88 Å². The molecule has 5 heteroatoms. The monoisotopic (exact) mass is 278 g/mol. The van der Waals surface area contributed by atoms with Crippen molar-refractivity contribution in [2.75, 3.05) is 20.8 Å². The third-order valence-corrected chi connectivity index (χ3v) is 4.16. The van der Waals surface area contributed by atoms with E-state index in [1.54, 1.807) is 25.6 Å². The minimum Gasteiger partial charge on any atom is -0.493 e. The number of thiazole rings is 1. The van der Waals surface area contributed by atoms with Crippen molar-refractivity contribution in [3.8, 4) is 22.1 Å². The Kier molecular flexibility index (Phi) is 4.39. The number of aryl methyl sites for hydroxylation is 1. The van der Waals surface area contributed by atoms with Gasteiger partial charge in [0.05, 0.1) is 19.9 Å². The third kappa shape index (κ3) is 2.88. The van der Waals surface area contributed by atoms with Crippen LogP contribution in [0.4, 0.5) is 0 Å². The van der Waals surface area contributed by atoms with Gasteiger partial charge in [0, 0.05) is 10.4 Å². The molecule has 2 aromatic rings. The fourth-order valence-corrected chi connectivity index (χ4v) is 2.96. The predicted molar refractivity (Wildman–Crippen MR) is 78.1 cm³/mol. The molecule has 2 rings (SSSR count). The van der Waals surface area contributed by atoms with Crippen molar-refractivity contribution in [2.45, 2.75) is 13.3 Å². The van der Waals surface area contributed by atoms with E-state index in [-0.39, 0.29) is 0 Å². The molecule has 0 aliphatic carbocycles. The minimum atomic E-state index is 0.647. The molecular formula is C14H18N2O2S. The Labute approximate surface area is 117 Å². The highest BCUT2D eigenvalue weighted by Crippen LogP contribution is 2.34. The molecule has 0 unspecified atom stereocenters. The number of benzene rings is 1. The van der Waals surface area contributed by atoms with E-state index in [2.05, 4.69) is 4.98 Å². The van der Waals surface area contributed by atoms with Crippen LogP contribution in [0.2, 0.25) is 0 Å². The smallest absolute Gasteiger partial charge is 0.161 e. The van der Waals surface area contributed by atoms with Crippen LogP contribution in [0.1, 0.15) is 10.6 Å². The fraction of sp³-hybridized carbons (Fsp3) is 0.357. The van der Waals surface area contributed by atoms with Gasteiger partial charge in [-0.25, -0.2) is 4.98 Å². The van der Waals surface area contributed by atoms with Crippen LogP contribution in [0.3, 0.4) is 0 Å². The molecule has 1 aromatic heterocycles. The summed E-state index contributed by atoms with van der Waals surface area (Å²) in [7, 11) is 3.26. The number of methoxy groups -OCH3 is 2. The molecule has 2 N–H and O–H groups in total. The number of nitrogens with zero attached hydrogens (tertiary/aromatic N) is 1. The zero-order valence-electron chi connectivity index (χ0n) is 11.4. The summed E-state index contributed by atoms with van der Waals surface area (Å²) in [6.07, 6.45) is 0.872. The van der Waals surface area contributed by atoms with Crippen molar-refractivity contribution >= 4 is 11.3 Å². The van der Waals surface area contributed by atoms with Gasteiger partial charge in [0.1, 0.15) is 5.01 Å². The summed E-state index contributed by atoms with van der Waals surface area (Å²) in [5.41, 5.74) is 7.70. The highest BCUT2D eigenvalue weighted by molar-refractivity contribution is 7.15. The summed E-state index contributed by atoms with van der Waals surface area (Å²) in [4.78, 5) is 5.84. The Morgan fingerprint density at radius 3 is 2.58 bits per heavy atom. The molecule has 0 fully saturated rings. The van der Waals surface area contributed by atoms with E-state index >= 15 is 0 Å². The topological polar surface area (TPSA) is 57.4 Å². The van der Waals surface area contributed by atoms with Gasteiger partial charge in [0.2, 0.25) is 0 Å². The van der Waals surface area contributed by atoms with Gasteiger partial charge in [0.15, 0.2) is 11.5 Å². The summed E-state index contributed by atoms with van der Waals surface area (Å²) in [6.45, 7) is 2.67. The number of hydrogen-bond acceptors (Lipinski definition) is 5. The molecule has 4 nitrogen and oxygen atoms in total. The Hall–Kier alpha value is -1.59. The first kappa shape index (κ1) is 13.8. The molecule has 0 saturated heterocycles. The molecular weight excluding hydrogens is 260 g/mol. The van der Waals surface area contributed by atoms with E-state index in [4.69, 9.17) is 15.2 Å². The van der Waals surface area contributed by atoms with Crippen molar-refractivity contribution in [2.24, 2.45) is 5.73 Å². The van der Waals surface area contributed by atoms with Crippen molar-refractivity contribution in [1.82, 2.24) is 4.98 Å². The van der Waals surface area contributed by atoms with Crippen molar-refractivity contribution in [3.05, 3.63) is 28.8 Å². The normalized spacial score (nSPS) is 10.5. The Bertz CT molecular complexity index is 567. The first-order chi connectivity index (χ1) is 9.19. The summed E-state index contributed by atoms with van der Waals surface area (Å²) >= 11 is 1.68. The lowest BCUT2D eigenvalue weighted by Crippen LogP contribution is -2.01. The number of rotatable bonds is 5. The van der Waals surface area contributed by atoms with Gasteiger partial charge < -0.3 is 15.2 Å². The standard InChI is InChI=1S/C14H18N2O2S/c1-9-13(6-7-15)19-14(16-9)10-4-5-11(17-2)12(8-10)18-3/h4-5,8H,6-7,15H2,1-3H3. The van der Waals surface area contributed by atoms with Crippen LogP contribution in [0.5, 0.6) is 11.5 Å². The Morgan fingerprint density at radius 2 is 1.95 bits per heavy atom. The fourth-order valence-electron chi connectivity index (χ4n) is 1.88. The number of hydrogen-bond donors (Lipinski definition) is 1. The molecule has 0 saturated carbocycles. The lowest BCUT2D eigenvalue weighted by atomic mass is 10.2. The molecule has 102 valence electrons. The zero-order valence-corrected chi connectivity index (χ0v) is 12.2. The first-order valence-corrected chi connectivity index (χ1v) is 6.90. The molecule has 19 heavy (non-hydrogen) atoms. The maximum Gasteiger partial charge on any atom is 0.161 e. The summed E-state index contributed by atoms with van der Waals surface area (Å²) < 4.78 is 10.6. The highest BCUT2D eigenvalue weighted by Gasteiger charge is 2.11. The number of ether oxygens (including phenoxy) is 2. The van der Waals surface area contributed by atoms with Gasteiger partial charge >= 0.3 is 0 Å². The minimum absolute atomic E-state index is 0.647. The van der Waals surface area contributed by atoms with Gasteiger partial charge in [-0.3, -0.25) is 0 Å². The molecule has 0 aliphatic heterocycles. The van der Waals surface area contributed by atoms with Crippen LogP contribution in [0, 0.1) is 6.92 Å². The molecule has 0 atom stereocenters. The lowest BCUT2D eigenvalue weighted by molar-refractivity contribution is 0.355. The van der Waals surface area contributed by atoms with Crippen molar-refractivity contribution in [3.63, 3.8) is 0 Å². The highest BCUT2D eigenvalue weighted by atomic mass is 32.1. The maximum atomic E-state index is 5.60. The predicted octanol–water partition coefficient (Wildman–Crippen LogP) is 2.64. The van der Waals surface area contributed by atoms with E-state index in [0.29, 0.717) is 12.3 Å². The molecule has 0 amide bonds. The molecule has 0 aliphatic rings. The van der Waals surface area contributed by atoms with E-state index in [9.17, 15) is 0 Å². The largest absolute Gasteiger partial charge is 0.493 e. The van der Waals surface area contributed by atoms with Gasteiger partial charge in [-0.1, -0.05) is 0 Å². The third-order valence-electron chi connectivity index (χ3n) is 2.89. The van der Waals surface area contributed by atoms with Gasteiger partial charge in [-0.2, -0.15) is 0 Å².